The molecule has 1 aromatic carbocycles. The summed E-state index contributed by atoms with van der Waals surface area (Å²) in [6.07, 6.45) is -0.189. The normalized spacial score (nSPS) is 10.5. The lowest BCUT2D eigenvalue weighted by molar-refractivity contribution is -0.362. The molecular weight excluding hydrogens is 272 g/mol. The van der Waals surface area contributed by atoms with Crippen LogP contribution in [0, 0.1) is 0 Å². The van der Waals surface area contributed by atoms with Crippen molar-refractivity contribution in [2.75, 3.05) is 33.2 Å². The lowest BCUT2D eigenvalue weighted by Crippen LogP contribution is -2.28. The first kappa shape index (κ1) is 14.9. The minimum atomic E-state index is -1.14. The van der Waals surface area contributed by atoms with E-state index in [-0.39, 0.29) is 6.42 Å². The van der Waals surface area contributed by atoms with Gasteiger partial charge in [0.2, 0.25) is 0 Å². The lowest BCUT2D eigenvalue weighted by Gasteiger charge is -2.16. The van der Waals surface area contributed by atoms with Crippen LogP contribution < -0.4 is 24.5 Å². The molecule has 0 bridgehead atoms. The fourth-order valence-electron chi connectivity index (χ4n) is 2.26. The summed E-state index contributed by atoms with van der Waals surface area (Å²) in [5.74, 6) is 0.124. The molecule has 112 valence electrons. The summed E-state index contributed by atoms with van der Waals surface area (Å²) < 4.78 is 10.6. The van der Waals surface area contributed by atoms with E-state index in [1.54, 1.807) is 26.4 Å². The van der Waals surface area contributed by atoms with Crippen molar-refractivity contribution in [3.8, 4) is 11.5 Å². The van der Waals surface area contributed by atoms with Gasteiger partial charge < -0.3 is 24.3 Å². The minimum absolute atomic E-state index is 0.189. The summed E-state index contributed by atoms with van der Waals surface area (Å²) >= 11 is 0. The van der Waals surface area contributed by atoms with Crippen LogP contribution in [-0.2, 0) is 11.2 Å². The molecule has 0 fully saturated rings. The predicted molar refractivity (Wildman–Crippen MR) is 76.6 cm³/mol. The summed E-state index contributed by atoms with van der Waals surface area (Å²) in [5.41, 5.74) is 2.15. The molecule has 0 aliphatic rings. The molecule has 1 heterocycles. The van der Waals surface area contributed by atoms with Gasteiger partial charge >= 0.3 is 0 Å². The number of pyridine rings is 1. The number of carbonyl (C=O) groups excluding carboxylic acids is 1. The van der Waals surface area contributed by atoms with Gasteiger partial charge in [-0.2, -0.15) is 0 Å². The summed E-state index contributed by atoms with van der Waals surface area (Å²) in [6, 6.07) is 5.42. The van der Waals surface area contributed by atoms with E-state index in [0.717, 1.165) is 16.6 Å². The van der Waals surface area contributed by atoms with Crippen molar-refractivity contribution < 1.29 is 24.4 Å². The number of carboxylic acids is 1. The van der Waals surface area contributed by atoms with Gasteiger partial charge in [-0.1, -0.05) is 0 Å². The average molecular weight is 290 g/mol. The quantitative estimate of drug-likeness (QED) is 0.776. The number of carbonyl (C=O) groups is 1. The minimum Gasteiger partial charge on any atom is -0.550 e. The Morgan fingerprint density at radius 1 is 1.24 bits per heavy atom. The number of hydrogen-bond donors (Lipinski definition) is 0. The highest BCUT2D eigenvalue weighted by molar-refractivity contribution is 5.94. The fourth-order valence-corrected chi connectivity index (χ4v) is 2.26. The average Bonchev–Trinajstić information content (AvgIpc) is 2.44. The van der Waals surface area contributed by atoms with Crippen molar-refractivity contribution in [2.45, 2.75) is 6.42 Å². The smallest absolute Gasteiger partial charge is 0.255 e. The number of methoxy groups -OCH3 is 2. The molecule has 2 rings (SSSR count). The zero-order valence-corrected chi connectivity index (χ0v) is 12.5. The number of aliphatic carboxylic acids is 1. The molecule has 1 N–H and O–H groups in total. The molecule has 0 amide bonds. The molecule has 6 heteroatoms. The molecule has 0 aliphatic heterocycles. The van der Waals surface area contributed by atoms with E-state index in [9.17, 15) is 9.90 Å². The second-order valence-corrected chi connectivity index (χ2v) is 4.88. The van der Waals surface area contributed by atoms with Gasteiger partial charge in [0.05, 0.1) is 37.7 Å². The van der Waals surface area contributed by atoms with E-state index in [2.05, 4.69) is 4.98 Å². The van der Waals surface area contributed by atoms with Gasteiger partial charge in [-0.05, 0) is 6.07 Å². The molecule has 0 radical (unpaired) electrons. The molecule has 0 unspecified atom stereocenters. The third kappa shape index (κ3) is 2.99. The molecular formula is C15H18N2O4. The predicted octanol–water partition coefficient (Wildman–Crippen LogP) is 0.0295. The number of benzene rings is 1. The van der Waals surface area contributed by atoms with E-state index in [1.165, 1.54) is 0 Å². The zero-order chi connectivity index (χ0) is 15.6. The first-order chi connectivity index (χ1) is 9.96. The van der Waals surface area contributed by atoms with Crippen LogP contribution in [0.5, 0.6) is 11.5 Å². The Balaban J connectivity index is 2.77. The van der Waals surface area contributed by atoms with E-state index in [4.69, 9.17) is 9.47 Å². The van der Waals surface area contributed by atoms with Crippen LogP contribution in [0.1, 0.15) is 5.69 Å². The Labute approximate surface area is 122 Å². The van der Waals surface area contributed by atoms with Crippen LogP contribution in [0.3, 0.4) is 0 Å². The standard InChI is InChI=1S/C15H18N2O4/c1-17(2)12-5-9(6-14(18)19)16-15-11(12)7-10(20-3)8-13(15)21-4/h5,7-8H,6H2,1-4H3,(H,18,19). The van der Waals surface area contributed by atoms with Gasteiger partial charge in [0.25, 0.3) is 5.52 Å². The monoisotopic (exact) mass is 290 g/mol. The van der Waals surface area contributed by atoms with Crippen molar-refractivity contribution in [1.29, 1.82) is 0 Å². The number of ether oxygens (including phenoxy) is 2. The molecule has 0 atom stereocenters. The third-order valence-electron chi connectivity index (χ3n) is 3.22. The van der Waals surface area contributed by atoms with E-state index < -0.39 is 5.97 Å². The van der Waals surface area contributed by atoms with Crippen LogP contribution in [0.25, 0.3) is 10.9 Å². The zero-order valence-electron chi connectivity index (χ0n) is 12.5. The molecule has 6 nitrogen and oxygen atoms in total. The summed E-state index contributed by atoms with van der Waals surface area (Å²) in [6.45, 7) is 0. The van der Waals surface area contributed by atoms with E-state index >= 15 is 0 Å². The first-order valence-corrected chi connectivity index (χ1v) is 6.44. The number of H-pyrrole nitrogens is 1. The van der Waals surface area contributed by atoms with Crippen molar-refractivity contribution in [1.82, 2.24) is 0 Å². The van der Waals surface area contributed by atoms with Gasteiger partial charge in [0.15, 0.2) is 11.4 Å². The summed E-state index contributed by atoms with van der Waals surface area (Å²) in [5, 5.41) is 11.7. The Kier molecular flexibility index (Phi) is 4.16. The van der Waals surface area contributed by atoms with Gasteiger partial charge in [0, 0.05) is 26.2 Å². The van der Waals surface area contributed by atoms with Crippen LogP contribution in [0.2, 0.25) is 0 Å². The van der Waals surface area contributed by atoms with Crippen LogP contribution >= 0.6 is 0 Å². The van der Waals surface area contributed by atoms with Crippen LogP contribution in [0.15, 0.2) is 18.2 Å². The maximum absolute atomic E-state index is 10.8. The van der Waals surface area contributed by atoms with Gasteiger partial charge in [0.1, 0.15) is 5.75 Å². The number of aromatic nitrogens is 1. The summed E-state index contributed by atoms with van der Waals surface area (Å²) in [4.78, 5) is 15.9. The van der Waals surface area contributed by atoms with Gasteiger partial charge in [-0.15, -0.1) is 0 Å². The second-order valence-electron chi connectivity index (χ2n) is 4.88. The number of fused-ring (bicyclic) bond motifs is 1. The number of hydrogen-bond acceptors (Lipinski definition) is 5. The molecule has 0 spiro atoms. The number of nitrogens with zero attached hydrogens (tertiary/aromatic N) is 1. The van der Waals surface area contributed by atoms with Crippen molar-refractivity contribution in [2.24, 2.45) is 0 Å². The topological polar surface area (TPSA) is 76.0 Å². The number of anilines is 1. The molecule has 21 heavy (non-hydrogen) atoms. The fraction of sp³-hybridized carbons (Fsp3) is 0.333. The number of nitrogens with one attached hydrogen (secondary N) is 1. The SMILES string of the molecule is COc1cc(OC)c2[nH+]c(CC(=O)[O-])cc(N(C)C)c2c1. The highest BCUT2D eigenvalue weighted by Crippen LogP contribution is 2.33. The van der Waals surface area contributed by atoms with E-state index in [0.29, 0.717) is 17.2 Å². The Bertz CT molecular complexity index is 683. The largest absolute Gasteiger partial charge is 0.550 e. The highest BCUT2D eigenvalue weighted by atomic mass is 16.5. The Hall–Kier alpha value is -2.50. The molecule has 2 aromatic rings. The molecule has 0 saturated heterocycles. The number of rotatable bonds is 5. The number of aromatic amines is 1. The van der Waals surface area contributed by atoms with Gasteiger partial charge in [-0.25, -0.2) is 4.98 Å². The Morgan fingerprint density at radius 3 is 2.48 bits per heavy atom. The van der Waals surface area contributed by atoms with Crippen molar-refractivity contribution in [3.05, 3.63) is 23.9 Å². The van der Waals surface area contributed by atoms with E-state index in [1.807, 2.05) is 25.1 Å². The Morgan fingerprint density at radius 2 is 1.95 bits per heavy atom. The first-order valence-electron chi connectivity index (χ1n) is 6.44. The summed E-state index contributed by atoms with van der Waals surface area (Å²) in [7, 11) is 6.93. The van der Waals surface area contributed by atoms with Crippen LogP contribution in [0.4, 0.5) is 5.69 Å². The maximum Gasteiger partial charge on any atom is 0.255 e. The maximum atomic E-state index is 10.8. The highest BCUT2D eigenvalue weighted by Gasteiger charge is 2.19. The molecule has 1 aromatic heterocycles. The third-order valence-corrected chi connectivity index (χ3v) is 3.22. The van der Waals surface area contributed by atoms with Crippen LogP contribution in [-0.4, -0.2) is 34.3 Å². The molecule has 0 saturated carbocycles. The number of carboxylic acid groups (broad SMARTS) is 1. The van der Waals surface area contributed by atoms with Crippen molar-refractivity contribution in [3.63, 3.8) is 0 Å². The second kappa shape index (κ2) is 5.87. The van der Waals surface area contributed by atoms with Crippen molar-refractivity contribution >= 4 is 22.6 Å². The lowest BCUT2D eigenvalue weighted by atomic mass is 10.1. The van der Waals surface area contributed by atoms with Gasteiger partial charge in [-0.3, -0.25) is 0 Å². The molecule has 0 aliphatic carbocycles.